The highest BCUT2D eigenvalue weighted by Crippen LogP contribution is 2.36. The van der Waals surface area contributed by atoms with Crippen LogP contribution in [0.25, 0.3) is 0 Å². The van der Waals surface area contributed by atoms with Gasteiger partial charge in [-0.1, -0.05) is 20.8 Å². The highest BCUT2D eigenvalue weighted by Gasteiger charge is 2.24. The highest BCUT2D eigenvalue weighted by atomic mass is 16.7. The van der Waals surface area contributed by atoms with Crippen LogP contribution in [0.3, 0.4) is 0 Å². The first kappa shape index (κ1) is 17.6. The summed E-state index contributed by atoms with van der Waals surface area (Å²) in [6.45, 7) is 8.15. The predicted molar refractivity (Wildman–Crippen MR) is 93.6 cm³/mol. The summed E-state index contributed by atoms with van der Waals surface area (Å²) in [5, 5.41) is 0. The van der Waals surface area contributed by atoms with Gasteiger partial charge < -0.3 is 18.9 Å². The molecule has 0 spiro atoms. The molecule has 2 unspecified atom stereocenters. The monoisotopic (exact) mass is 334 g/mol. The number of hydrogen-bond acceptors (Lipinski definition) is 4. The average molecular weight is 334 g/mol. The Morgan fingerprint density at radius 1 is 0.875 bits per heavy atom. The third-order valence-corrected chi connectivity index (χ3v) is 4.56. The molecule has 2 saturated heterocycles. The third-order valence-electron chi connectivity index (χ3n) is 4.56. The van der Waals surface area contributed by atoms with Gasteiger partial charge in [0.15, 0.2) is 12.6 Å². The van der Waals surface area contributed by atoms with Crippen molar-refractivity contribution in [2.45, 2.75) is 77.3 Å². The average Bonchev–Trinajstić information content (AvgIpc) is 2.57. The standard InChI is InChI=1S/C20H30O4/c1-20(2,3)16-14-15(23-18-8-4-6-12-21-18)10-11-17(16)24-19-9-5-7-13-22-19/h10-11,14,18-19H,4-9,12-13H2,1-3H3. The Bertz CT molecular complexity index is 523. The molecule has 4 heteroatoms. The lowest BCUT2D eigenvalue weighted by molar-refractivity contribution is -0.108. The van der Waals surface area contributed by atoms with Gasteiger partial charge in [-0.05, 0) is 49.3 Å². The Morgan fingerprint density at radius 2 is 1.50 bits per heavy atom. The lowest BCUT2D eigenvalue weighted by Gasteiger charge is -2.29. The molecule has 0 radical (unpaired) electrons. The number of ether oxygens (including phenoxy) is 4. The predicted octanol–water partition coefficient (Wildman–Crippen LogP) is 4.79. The van der Waals surface area contributed by atoms with Gasteiger partial charge in [0.05, 0.1) is 13.2 Å². The van der Waals surface area contributed by atoms with Crippen LogP contribution in [0.4, 0.5) is 0 Å². The van der Waals surface area contributed by atoms with Crippen molar-refractivity contribution in [3.8, 4) is 11.5 Å². The van der Waals surface area contributed by atoms with Crippen LogP contribution in [-0.4, -0.2) is 25.8 Å². The Labute approximate surface area is 145 Å². The number of benzene rings is 1. The van der Waals surface area contributed by atoms with Crippen LogP contribution >= 0.6 is 0 Å². The minimum atomic E-state index is -0.131. The van der Waals surface area contributed by atoms with Gasteiger partial charge >= 0.3 is 0 Å². The summed E-state index contributed by atoms with van der Waals surface area (Å²) in [6, 6.07) is 6.08. The van der Waals surface area contributed by atoms with Gasteiger partial charge in [-0.3, -0.25) is 0 Å². The Hall–Kier alpha value is -1.26. The molecule has 0 N–H and O–H groups in total. The van der Waals surface area contributed by atoms with Crippen LogP contribution in [-0.2, 0) is 14.9 Å². The molecule has 24 heavy (non-hydrogen) atoms. The molecule has 0 amide bonds. The quantitative estimate of drug-likeness (QED) is 0.793. The van der Waals surface area contributed by atoms with E-state index in [2.05, 4.69) is 26.8 Å². The van der Waals surface area contributed by atoms with Crippen molar-refractivity contribution in [3.05, 3.63) is 23.8 Å². The topological polar surface area (TPSA) is 36.9 Å². The van der Waals surface area contributed by atoms with E-state index in [1.54, 1.807) is 0 Å². The smallest absolute Gasteiger partial charge is 0.199 e. The van der Waals surface area contributed by atoms with Gasteiger partial charge in [0.2, 0.25) is 0 Å². The van der Waals surface area contributed by atoms with Crippen LogP contribution in [0.15, 0.2) is 18.2 Å². The van der Waals surface area contributed by atoms with Crippen LogP contribution in [0, 0.1) is 0 Å². The maximum atomic E-state index is 6.15. The third kappa shape index (κ3) is 4.64. The highest BCUT2D eigenvalue weighted by molar-refractivity contribution is 5.44. The molecular formula is C20H30O4. The molecule has 1 aromatic rings. The van der Waals surface area contributed by atoms with Crippen molar-refractivity contribution in [1.82, 2.24) is 0 Å². The van der Waals surface area contributed by atoms with Crippen LogP contribution < -0.4 is 9.47 Å². The minimum absolute atomic E-state index is 0.0310. The Kier molecular flexibility index (Phi) is 5.67. The summed E-state index contributed by atoms with van der Waals surface area (Å²) in [5.74, 6) is 1.75. The fourth-order valence-electron chi connectivity index (χ4n) is 3.17. The second-order valence-electron chi connectivity index (χ2n) is 7.74. The molecule has 134 valence electrons. The maximum Gasteiger partial charge on any atom is 0.199 e. The number of rotatable bonds is 4. The van der Waals surface area contributed by atoms with E-state index in [1.165, 1.54) is 0 Å². The Morgan fingerprint density at radius 3 is 2.04 bits per heavy atom. The molecule has 2 aliphatic rings. The fraction of sp³-hybridized carbons (Fsp3) is 0.700. The zero-order valence-electron chi connectivity index (χ0n) is 15.2. The summed E-state index contributed by atoms with van der Waals surface area (Å²) >= 11 is 0. The first-order valence-corrected chi connectivity index (χ1v) is 9.23. The molecule has 1 aromatic carbocycles. The zero-order chi connectivity index (χ0) is 17.0. The minimum Gasteiger partial charge on any atom is -0.465 e. The SMILES string of the molecule is CC(C)(C)c1cc(OC2CCCCO2)ccc1OC1CCCCO1. The van der Waals surface area contributed by atoms with Crippen molar-refractivity contribution in [1.29, 1.82) is 0 Å². The van der Waals surface area contributed by atoms with Gasteiger partial charge in [-0.2, -0.15) is 0 Å². The van der Waals surface area contributed by atoms with E-state index in [0.717, 1.165) is 68.8 Å². The Balaban J connectivity index is 1.75. The van der Waals surface area contributed by atoms with Crippen LogP contribution in [0.2, 0.25) is 0 Å². The van der Waals surface area contributed by atoms with E-state index in [9.17, 15) is 0 Å². The van der Waals surface area contributed by atoms with Crippen molar-refractivity contribution in [2.24, 2.45) is 0 Å². The van der Waals surface area contributed by atoms with E-state index in [0.29, 0.717) is 0 Å². The molecule has 2 heterocycles. The van der Waals surface area contributed by atoms with Gasteiger partial charge in [-0.25, -0.2) is 0 Å². The molecule has 0 bridgehead atoms. The molecule has 4 nitrogen and oxygen atoms in total. The van der Waals surface area contributed by atoms with Crippen LogP contribution in [0.1, 0.15) is 64.9 Å². The maximum absolute atomic E-state index is 6.15. The van der Waals surface area contributed by atoms with Gasteiger partial charge in [0.1, 0.15) is 11.5 Å². The molecule has 2 atom stereocenters. The van der Waals surface area contributed by atoms with Crippen molar-refractivity contribution < 1.29 is 18.9 Å². The second-order valence-corrected chi connectivity index (χ2v) is 7.74. The molecular weight excluding hydrogens is 304 g/mol. The normalized spacial score (nSPS) is 25.3. The lowest BCUT2D eigenvalue weighted by atomic mass is 9.86. The van der Waals surface area contributed by atoms with Crippen LogP contribution in [0.5, 0.6) is 11.5 Å². The van der Waals surface area contributed by atoms with Gasteiger partial charge in [0.25, 0.3) is 0 Å². The number of hydrogen-bond donors (Lipinski definition) is 0. The summed E-state index contributed by atoms with van der Waals surface area (Å²) in [4.78, 5) is 0. The fourth-order valence-corrected chi connectivity index (χ4v) is 3.17. The summed E-state index contributed by atoms with van der Waals surface area (Å²) in [6.07, 6.45) is 6.23. The van der Waals surface area contributed by atoms with E-state index in [4.69, 9.17) is 18.9 Å². The molecule has 2 fully saturated rings. The summed E-state index contributed by atoms with van der Waals surface area (Å²) in [5.41, 5.74) is 1.11. The van der Waals surface area contributed by atoms with Crippen molar-refractivity contribution in [3.63, 3.8) is 0 Å². The van der Waals surface area contributed by atoms with Gasteiger partial charge in [0, 0.05) is 18.4 Å². The molecule has 3 rings (SSSR count). The van der Waals surface area contributed by atoms with E-state index >= 15 is 0 Å². The summed E-state index contributed by atoms with van der Waals surface area (Å²) < 4.78 is 23.6. The molecule has 0 aromatic heterocycles. The van der Waals surface area contributed by atoms with E-state index < -0.39 is 0 Å². The van der Waals surface area contributed by atoms with Crippen molar-refractivity contribution >= 4 is 0 Å². The molecule has 0 saturated carbocycles. The van der Waals surface area contributed by atoms with Crippen molar-refractivity contribution in [2.75, 3.05) is 13.2 Å². The summed E-state index contributed by atoms with van der Waals surface area (Å²) in [7, 11) is 0. The second kappa shape index (κ2) is 7.75. The zero-order valence-corrected chi connectivity index (χ0v) is 15.2. The molecule has 2 aliphatic heterocycles. The molecule has 0 aliphatic carbocycles. The largest absolute Gasteiger partial charge is 0.465 e. The van der Waals surface area contributed by atoms with E-state index in [-0.39, 0.29) is 18.0 Å². The first-order valence-electron chi connectivity index (χ1n) is 9.23. The lowest BCUT2D eigenvalue weighted by Crippen LogP contribution is -2.27. The van der Waals surface area contributed by atoms with Gasteiger partial charge in [-0.15, -0.1) is 0 Å². The van der Waals surface area contributed by atoms with E-state index in [1.807, 2.05) is 12.1 Å². The first-order chi connectivity index (χ1) is 11.5.